The van der Waals surface area contributed by atoms with Gasteiger partial charge in [0.1, 0.15) is 0 Å². The third kappa shape index (κ3) is 8.73. The average Bonchev–Trinajstić information content (AvgIpc) is 2.86. The lowest BCUT2D eigenvalue weighted by atomic mass is 10.1. The Balaban J connectivity index is 2.29. The van der Waals surface area contributed by atoms with Gasteiger partial charge in [-0.1, -0.05) is 0 Å². The predicted molar refractivity (Wildman–Crippen MR) is 85.8 cm³/mol. The second-order valence-electron chi connectivity index (χ2n) is 6.87. The monoisotopic (exact) mass is 302 g/mol. The Morgan fingerprint density at radius 3 is 2.14 bits per heavy atom. The summed E-state index contributed by atoms with van der Waals surface area (Å²) in [5.41, 5.74) is 0.157. The number of hydrogen-bond donors (Lipinski definition) is 1. The molecule has 1 saturated heterocycles. The van der Waals surface area contributed by atoms with Gasteiger partial charge < -0.3 is 19.5 Å². The van der Waals surface area contributed by atoms with Gasteiger partial charge in [0.2, 0.25) is 0 Å². The molecule has 0 aromatic carbocycles. The van der Waals surface area contributed by atoms with E-state index < -0.39 is 0 Å². The normalized spacial score (nSPS) is 23.1. The van der Waals surface area contributed by atoms with Crippen molar-refractivity contribution in [2.45, 2.75) is 51.4 Å². The number of methoxy groups -OCH3 is 2. The zero-order chi connectivity index (χ0) is 15.7. The number of ether oxygens (including phenoxy) is 3. The molecule has 0 aromatic rings. The van der Waals surface area contributed by atoms with Crippen molar-refractivity contribution in [3.8, 4) is 0 Å². The summed E-state index contributed by atoms with van der Waals surface area (Å²) >= 11 is 0. The van der Waals surface area contributed by atoms with Crippen molar-refractivity contribution in [1.82, 2.24) is 10.2 Å². The van der Waals surface area contributed by atoms with Gasteiger partial charge in [-0.2, -0.15) is 0 Å². The highest BCUT2D eigenvalue weighted by atomic mass is 16.5. The van der Waals surface area contributed by atoms with Crippen molar-refractivity contribution in [1.29, 1.82) is 0 Å². The summed E-state index contributed by atoms with van der Waals surface area (Å²) in [6, 6.07) is 0. The minimum absolute atomic E-state index is 0.157. The van der Waals surface area contributed by atoms with Crippen LogP contribution in [0.25, 0.3) is 0 Å². The highest BCUT2D eigenvalue weighted by Crippen LogP contribution is 2.20. The van der Waals surface area contributed by atoms with Crippen LogP contribution in [-0.2, 0) is 14.2 Å². The van der Waals surface area contributed by atoms with E-state index in [1.807, 2.05) is 0 Å². The number of nitrogens with zero attached hydrogens (tertiary/aromatic N) is 1. The SMILES string of the molecule is COCCN(CCOC)CC1CCC(CNC(C)(C)C)O1. The maximum Gasteiger partial charge on any atom is 0.0707 e. The fourth-order valence-corrected chi connectivity index (χ4v) is 2.51. The van der Waals surface area contributed by atoms with Crippen LogP contribution in [0.15, 0.2) is 0 Å². The minimum Gasteiger partial charge on any atom is -0.383 e. The van der Waals surface area contributed by atoms with Crippen molar-refractivity contribution in [2.75, 3.05) is 53.6 Å². The van der Waals surface area contributed by atoms with Crippen molar-refractivity contribution in [2.24, 2.45) is 0 Å². The molecule has 1 rings (SSSR count). The lowest BCUT2D eigenvalue weighted by Crippen LogP contribution is -2.41. The number of rotatable bonds is 10. The highest BCUT2D eigenvalue weighted by molar-refractivity contribution is 4.81. The van der Waals surface area contributed by atoms with Crippen LogP contribution < -0.4 is 5.32 Å². The summed E-state index contributed by atoms with van der Waals surface area (Å²) in [6.07, 6.45) is 2.98. The molecule has 2 unspecified atom stereocenters. The number of hydrogen-bond acceptors (Lipinski definition) is 5. The van der Waals surface area contributed by atoms with E-state index in [2.05, 4.69) is 31.0 Å². The molecule has 0 bridgehead atoms. The van der Waals surface area contributed by atoms with Crippen LogP contribution in [-0.4, -0.2) is 76.3 Å². The van der Waals surface area contributed by atoms with Crippen molar-refractivity contribution >= 4 is 0 Å². The van der Waals surface area contributed by atoms with Gasteiger partial charge in [-0.3, -0.25) is 4.90 Å². The minimum atomic E-state index is 0.157. The molecule has 126 valence electrons. The first-order valence-corrected chi connectivity index (χ1v) is 8.05. The van der Waals surface area contributed by atoms with E-state index in [0.29, 0.717) is 12.2 Å². The molecule has 0 aliphatic carbocycles. The van der Waals surface area contributed by atoms with Crippen molar-refractivity contribution in [3.63, 3.8) is 0 Å². The summed E-state index contributed by atoms with van der Waals surface area (Å²) in [5, 5.41) is 3.53. The van der Waals surface area contributed by atoms with Gasteiger partial charge in [0.25, 0.3) is 0 Å². The van der Waals surface area contributed by atoms with Gasteiger partial charge in [0.05, 0.1) is 25.4 Å². The third-order valence-electron chi connectivity index (χ3n) is 3.74. The van der Waals surface area contributed by atoms with Crippen LogP contribution in [0.1, 0.15) is 33.6 Å². The quantitative estimate of drug-likeness (QED) is 0.663. The maximum atomic E-state index is 6.16. The van der Waals surface area contributed by atoms with E-state index in [4.69, 9.17) is 14.2 Å². The molecule has 1 aliphatic heterocycles. The Morgan fingerprint density at radius 1 is 1.05 bits per heavy atom. The molecule has 0 amide bonds. The molecular weight excluding hydrogens is 268 g/mol. The van der Waals surface area contributed by atoms with E-state index in [1.54, 1.807) is 14.2 Å². The largest absolute Gasteiger partial charge is 0.383 e. The molecule has 5 nitrogen and oxygen atoms in total. The van der Waals surface area contributed by atoms with Crippen LogP contribution in [0.2, 0.25) is 0 Å². The average molecular weight is 302 g/mol. The summed E-state index contributed by atoms with van der Waals surface area (Å²) in [6.45, 7) is 11.9. The summed E-state index contributed by atoms with van der Waals surface area (Å²) in [7, 11) is 3.49. The van der Waals surface area contributed by atoms with E-state index in [1.165, 1.54) is 0 Å². The van der Waals surface area contributed by atoms with Gasteiger partial charge in [0.15, 0.2) is 0 Å². The van der Waals surface area contributed by atoms with Crippen molar-refractivity contribution in [3.05, 3.63) is 0 Å². The van der Waals surface area contributed by atoms with E-state index in [-0.39, 0.29) is 5.54 Å². The van der Waals surface area contributed by atoms with Gasteiger partial charge in [-0.05, 0) is 33.6 Å². The fourth-order valence-electron chi connectivity index (χ4n) is 2.51. The second-order valence-corrected chi connectivity index (χ2v) is 6.87. The van der Waals surface area contributed by atoms with Gasteiger partial charge in [0, 0.05) is 45.9 Å². The Labute approximate surface area is 130 Å². The molecule has 1 N–H and O–H groups in total. The summed E-state index contributed by atoms with van der Waals surface area (Å²) in [5.74, 6) is 0. The molecule has 0 saturated carbocycles. The third-order valence-corrected chi connectivity index (χ3v) is 3.74. The van der Waals surface area contributed by atoms with E-state index in [9.17, 15) is 0 Å². The molecule has 1 fully saturated rings. The molecule has 21 heavy (non-hydrogen) atoms. The first kappa shape index (κ1) is 18.8. The standard InChI is InChI=1S/C16H34N2O3/c1-16(2,3)17-12-14-6-7-15(21-14)13-18(8-10-19-4)9-11-20-5/h14-15,17H,6-13H2,1-5H3. The molecule has 5 heteroatoms. The van der Waals surface area contributed by atoms with E-state index >= 15 is 0 Å². The van der Waals surface area contributed by atoms with Gasteiger partial charge in [-0.15, -0.1) is 0 Å². The van der Waals surface area contributed by atoms with Crippen molar-refractivity contribution < 1.29 is 14.2 Å². The zero-order valence-corrected chi connectivity index (χ0v) is 14.5. The molecule has 1 heterocycles. The Kier molecular flexibility index (Phi) is 8.74. The Bertz CT molecular complexity index is 261. The van der Waals surface area contributed by atoms with Gasteiger partial charge >= 0.3 is 0 Å². The molecule has 2 atom stereocenters. The van der Waals surface area contributed by atoms with E-state index in [0.717, 1.165) is 52.2 Å². The first-order valence-electron chi connectivity index (χ1n) is 8.05. The maximum absolute atomic E-state index is 6.16. The smallest absolute Gasteiger partial charge is 0.0707 e. The van der Waals surface area contributed by atoms with Crippen LogP contribution in [0.3, 0.4) is 0 Å². The first-order chi connectivity index (χ1) is 9.94. The topological polar surface area (TPSA) is 43.0 Å². The second kappa shape index (κ2) is 9.74. The Hall–Kier alpha value is -0.200. The molecular formula is C16H34N2O3. The van der Waals surface area contributed by atoms with Gasteiger partial charge in [-0.25, -0.2) is 0 Å². The van der Waals surface area contributed by atoms with Crippen LogP contribution in [0.5, 0.6) is 0 Å². The Morgan fingerprint density at radius 2 is 1.62 bits per heavy atom. The van der Waals surface area contributed by atoms with Crippen LogP contribution in [0.4, 0.5) is 0 Å². The predicted octanol–water partition coefficient (Wildman–Crippen LogP) is 1.52. The highest BCUT2D eigenvalue weighted by Gasteiger charge is 2.27. The summed E-state index contributed by atoms with van der Waals surface area (Å²) < 4.78 is 16.5. The lowest BCUT2D eigenvalue weighted by molar-refractivity contribution is 0.0116. The van der Waals surface area contributed by atoms with Crippen LogP contribution >= 0.6 is 0 Å². The summed E-state index contributed by atoms with van der Waals surface area (Å²) in [4.78, 5) is 2.37. The molecule has 0 radical (unpaired) electrons. The zero-order valence-electron chi connectivity index (χ0n) is 14.5. The lowest BCUT2D eigenvalue weighted by Gasteiger charge is -2.26. The fraction of sp³-hybridized carbons (Fsp3) is 1.00. The van der Waals surface area contributed by atoms with Crippen LogP contribution in [0, 0.1) is 0 Å². The molecule has 0 aromatic heterocycles. The molecule has 0 spiro atoms. The molecule has 1 aliphatic rings. The number of nitrogens with one attached hydrogen (secondary N) is 1.